The van der Waals surface area contributed by atoms with Crippen molar-refractivity contribution in [3.63, 3.8) is 0 Å². The first-order valence-electron chi connectivity index (χ1n) is 7.46. The topological polar surface area (TPSA) is 51.1 Å². The summed E-state index contributed by atoms with van der Waals surface area (Å²) >= 11 is 0. The lowest BCUT2D eigenvalue weighted by molar-refractivity contribution is 0.129. The van der Waals surface area contributed by atoms with Crippen LogP contribution in [-0.2, 0) is 9.47 Å². The molecule has 1 unspecified atom stereocenters. The summed E-state index contributed by atoms with van der Waals surface area (Å²) in [4.78, 5) is 18.2. The summed E-state index contributed by atoms with van der Waals surface area (Å²) in [5.41, 5.74) is 0.754. The molecule has 2 heterocycles. The largest absolute Gasteiger partial charge is 0.475 e. The number of carbonyl (C=O) groups is 1. The van der Waals surface area contributed by atoms with Gasteiger partial charge in [0.1, 0.15) is 6.61 Å². The van der Waals surface area contributed by atoms with Crippen molar-refractivity contribution < 1.29 is 14.3 Å². The fourth-order valence-electron chi connectivity index (χ4n) is 2.54. The van der Waals surface area contributed by atoms with E-state index in [1.54, 1.807) is 11.1 Å². The van der Waals surface area contributed by atoms with Crippen LogP contribution in [0.4, 0.5) is 4.79 Å². The maximum atomic E-state index is 12.0. The van der Waals surface area contributed by atoms with Crippen molar-refractivity contribution in [2.45, 2.75) is 51.6 Å². The van der Waals surface area contributed by atoms with Crippen molar-refractivity contribution in [2.75, 3.05) is 13.7 Å². The number of hydrogen-bond donors (Lipinski definition) is 0. The van der Waals surface area contributed by atoms with Crippen LogP contribution in [0.3, 0.4) is 0 Å². The maximum absolute atomic E-state index is 12.0. The van der Waals surface area contributed by atoms with Gasteiger partial charge >= 0.3 is 6.09 Å². The second-order valence-corrected chi connectivity index (χ2v) is 6.02. The van der Waals surface area contributed by atoms with Gasteiger partial charge < -0.3 is 9.47 Å². The smallest absolute Gasteiger partial charge is 0.414 e. The number of carbonyl (C=O) groups excluding carboxylic acids is 1. The minimum Gasteiger partial charge on any atom is -0.475 e. The van der Waals surface area contributed by atoms with E-state index in [1.165, 1.54) is 7.11 Å². The van der Waals surface area contributed by atoms with Crippen LogP contribution in [0.5, 0.6) is 0 Å². The fourth-order valence-corrected chi connectivity index (χ4v) is 2.54. The zero-order valence-corrected chi connectivity index (χ0v) is 13.3. The summed E-state index contributed by atoms with van der Waals surface area (Å²) in [5, 5.41) is 0. The van der Waals surface area contributed by atoms with Crippen LogP contribution in [0.25, 0.3) is 0 Å². The van der Waals surface area contributed by atoms with Crippen molar-refractivity contribution >= 4 is 12.0 Å². The Kier molecular flexibility index (Phi) is 4.70. The molecule has 0 saturated heterocycles. The number of ether oxygens (including phenoxy) is 2. The zero-order chi connectivity index (χ0) is 15.5. The summed E-state index contributed by atoms with van der Waals surface area (Å²) in [5.74, 6) is 0.652. The SMILES string of the molecule is CCCCC1C(C2=NC(C)(C)CO2)=CC=CN1C(=O)OC. The van der Waals surface area contributed by atoms with Crippen molar-refractivity contribution in [3.05, 3.63) is 23.9 Å². The van der Waals surface area contributed by atoms with E-state index in [-0.39, 0.29) is 17.7 Å². The van der Waals surface area contributed by atoms with Crippen LogP contribution in [-0.4, -0.2) is 42.2 Å². The van der Waals surface area contributed by atoms with Crippen LogP contribution < -0.4 is 0 Å². The van der Waals surface area contributed by atoms with Gasteiger partial charge in [-0.3, -0.25) is 4.90 Å². The quantitative estimate of drug-likeness (QED) is 0.799. The van der Waals surface area contributed by atoms with Gasteiger partial charge in [0.15, 0.2) is 0 Å². The summed E-state index contributed by atoms with van der Waals surface area (Å²) in [7, 11) is 1.40. The molecule has 0 spiro atoms. The minimum absolute atomic E-state index is 0.0740. The number of amides is 1. The van der Waals surface area contributed by atoms with Crippen LogP contribution in [0.2, 0.25) is 0 Å². The highest BCUT2D eigenvalue weighted by atomic mass is 16.5. The number of allylic oxidation sites excluding steroid dienone is 2. The molecule has 5 heteroatoms. The molecule has 0 bridgehead atoms. The van der Waals surface area contributed by atoms with Crippen molar-refractivity contribution in [1.29, 1.82) is 0 Å². The number of aliphatic imine (C=N–C) groups is 1. The highest BCUT2D eigenvalue weighted by Crippen LogP contribution is 2.28. The van der Waals surface area contributed by atoms with E-state index in [0.29, 0.717) is 12.5 Å². The first-order valence-corrected chi connectivity index (χ1v) is 7.46. The summed E-state index contributed by atoms with van der Waals surface area (Å²) in [6, 6.07) is -0.0740. The van der Waals surface area contributed by atoms with Gasteiger partial charge in [-0.2, -0.15) is 0 Å². The van der Waals surface area contributed by atoms with Gasteiger partial charge in [0, 0.05) is 11.8 Å². The molecule has 0 aliphatic carbocycles. The number of rotatable bonds is 4. The van der Waals surface area contributed by atoms with Gasteiger partial charge in [-0.15, -0.1) is 0 Å². The highest BCUT2D eigenvalue weighted by Gasteiger charge is 2.35. The molecule has 0 fully saturated rings. The predicted molar refractivity (Wildman–Crippen MR) is 82.2 cm³/mol. The molecule has 0 aromatic rings. The van der Waals surface area contributed by atoms with E-state index >= 15 is 0 Å². The first kappa shape index (κ1) is 15.6. The fraction of sp³-hybridized carbons (Fsp3) is 0.625. The van der Waals surface area contributed by atoms with Gasteiger partial charge in [-0.25, -0.2) is 9.79 Å². The van der Waals surface area contributed by atoms with Crippen molar-refractivity contribution in [2.24, 2.45) is 4.99 Å². The molecule has 0 aromatic carbocycles. The number of unbranched alkanes of at least 4 members (excludes halogenated alkanes) is 1. The Morgan fingerprint density at radius 1 is 1.57 bits per heavy atom. The minimum atomic E-state index is -0.351. The third-order valence-electron chi connectivity index (χ3n) is 3.65. The Morgan fingerprint density at radius 2 is 2.33 bits per heavy atom. The van der Waals surface area contributed by atoms with E-state index in [4.69, 9.17) is 9.47 Å². The van der Waals surface area contributed by atoms with E-state index in [9.17, 15) is 4.79 Å². The van der Waals surface area contributed by atoms with E-state index in [1.807, 2.05) is 26.0 Å². The molecule has 2 aliphatic heterocycles. The Morgan fingerprint density at radius 3 is 2.90 bits per heavy atom. The van der Waals surface area contributed by atoms with Gasteiger partial charge in [0.25, 0.3) is 0 Å². The molecule has 1 atom stereocenters. The average Bonchev–Trinajstić information content (AvgIpc) is 2.84. The summed E-state index contributed by atoms with van der Waals surface area (Å²) < 4.78 is 10.6. The van der Waals surface area contributed by atoms with Crippen LogP contribution in [0.1, 0.15) is 40.0 Å². The molecule has 5 nitrogen and oxygen atoms in total. The lowest BCUT2D eigenvalue weighted by Crippen LogP contribution is -2.40. The van der Waals surface area contributed by atoms with Crippen LogP contribution >= 0.6 is 0 Å². The molecule has 0 aromatic heterocycles. The van der Waals surface area contributed by atoms with E-state index in [0.717, 1.165) is 24.8 Å². The third kappa shape index (κ3) is 3.46. The molecule has 2 aliphatic rings. The predicted octanol–water partition coefficient (Wildman–Crippen LogP) is 3.27. The van der Waals surface area contributed by atoms with Crippen molar-refractivity contribution in [3.8, 4) is 0 Å². The molecular weight excluding hydrogens is 268 g/mol. The maximum Gasteiger partial charge on any atom is 0.414 e. The van der Waals surface area contributed by atoms with Crippen molar-refractivity contribution in [1.82, 2.24) is 4.90 Å². The molecule has 21 heavy (non-hydrogen) atoms. The van der Waals surface area contributed by atoms with Crippen LogP contribution in [0.15, 0.2) is 28.9 Å². The average molecular weight is 292 g/mol. The third-order valence-corrected chi connectivity index (χ3v) is 3.65. The first-order chi connectivity index (χ1) is 9.98. The zero-order valence-electron chi connectivity index (χ0n) is 13.3. The molecular formula is C16H24N2O3. The lowest BCUT2D eigenvalue weighted by atomic mass is 9.97. The molecule has 116 valence electrons. The van der Waals surface area contributed by atoms with Crippen LogP contribution in [0, 0.1) is 0 Å². The Balaban J connectivity index is 2.27. The normalized spacial score (nSPS) is 23.4. The molecule has 0 radical (unpaired) electrons. The van der Waals surface area contributed by atoms with Gasteiger partial charge in [0.05, 0.1) is 18.7 Å². The second-order valence-electron chi connectivity index (χ2n) is 6.02. The highest BCUT2D eigenvalue weighted by molar-refractivity contribution is 5.97. The Labute approximate surface area is 126 Å². The monoisotopic (exact) mass is 292 g/mol. The second kappa shape index (κ2) is 6.33. The van der Waals surface area contributed by atoms with E-state index < -0.39 is 0 Å². The summed E-state index contributed by atoms with van der Waals surface area (Å²) in [6.45, 7) is 6.79. The number of nitrogens with zero attached hydrogens (tertiary/aromatic N) is 2. The van der Waals surface area contributed by atoms with Gasteiger partial charge in [0.2, 0.25) is 5.90 Å². The molecule has 1 amide bonds. The molecule has 0 N–H and O–H groups in total. The standard InChI is InChI=1S/C16H24N2O3/c1-5-6-9-13-12(14-17-16(2,3)11-21-14)8-7-10-18(13)15(19)20-4/h7-8,10,13H,5-6,9,11H2,1-4H3. The molecule has 2 rings (SSSR count). The molecule has 0 saturated carbocycles. The lowest BCUT2D eigenvalue weighted by Gasteiger charge is -2.31. The summed E-state index contributed by atoms with van der Waals surface area (Å²) in [6.07, 6.45) is 8.20. The van der Waals surface area contributed by atoms with Gasteiger partial charge in [-0.05, 0) is 26.3 Å². The number of hydrogen-bond acceptors (Lipinski definition) is 4. The Hall–Kier alpha value is -1.78. The number of methoxy groups -OCH3 is 1. The van der Waals surface area contributed by atoms with Gasteiger partial charge in [-0.1, -0.05) is 25.8 Å². The van der Waals surface area contributed by atoms with E-state index in [2.05, 4.69) is 11.9 Å². The Bertz CT molecular complexity index is 492.